The van der Waals surface area contributed by atoms with Gasteiger partial charge in [-0.05, 0) is 41.4 Å². The normalized spacial score (nSPS) is 23.6. The van der Waals surface area contributed by atoms with Gasteiger partial charge in [-0.25, -0.2) is 0 Å². The fraction of sp³-hybridized carbons (Fsp3) is 0.412. The highest BCUT2D eigenvalue weighted by Crippen LogP contribution is 2.40. The van der Waals surface area contributed by atoms with E-state index in [2.05, 4.69) is 25.3 Å². The van der Waals surface area contributed by atoms with E-state index in [4.69, 9.17) is 0 Å². The Morgan fingerprint density at radius 1 is 1.22 bits per heavy atom. The van der Waals surface area contributed by atoms with E-state index in [9.17, 15) is 5.11 Å². The summed E-state index contributed by atoms with van der Waals surface area (Å²) in [6.07, 6.45) is 8.95. The number of aliphatic hydroxyl groups is 1. The van der Waals surface area contributed by atoms with E-state index in [1.807, 2.05) is 18.2 Å². The van der Waals surface area contributed by atoms with Gasteiger partial charge in [0.25, 0.3) is 0 Å². The largest absolute Gasteiger partial charge is 0.392 e. The Labute approximate surface area is 110 Å². The van der Waals surface area contributed by atoms with Gasteiger partial charge in [0.15, 0.2) is 0 Å². The third-order valence-corrected chi connectivity index (χ3v) is 4.10. The number of hydrogen-bond donors (Lipinski definition) is 1. The SMILES string of the molecule is C=Cc1ccc(CO)c(C2CCCCC2C=C)c1. The summed E-state index contributed by atoms with van der Waals surface area (Å²) < 4.78 is 0. The highest BCUT2D eigenvalue weighted by molar-refractivity contribution is 5.51. The van der Waals surface area contributed by atoms with Gasteiger partial charge in [0.2, 0.25) is 0 Å². The van der Waals surface area contributed by atoms with Crippen LogP contribution in [-0.4, -0.2) is 5.11 Å². The van der Waals surface area contributed by atoms with Crippen molar-refractivity contribution >= 4 is 6.08 Å². The van der Waals surface area contributed by atoms with E-state index in [0.29, 0.717) is 11.8 Å². The molecule has 1 heteroatoms. The van der Waals surface area contributed by atoms with Gasteiger partial charge in [-0.15, -0.1) is 6.58 Å². The van der Waals surface area contributed by atoms with Crippen LogP contribution in [0.25, 0.3) is 6.08 Å². The molecule has 2 rings (SSSR count). The first kappa shape index (κ1) is 13.1. The van der Waals surface area contributed by atoms with Crippen LogP contribution in [-0.2, 0) is 6.61 Å². The van der Waals surface area contributed by atoms with Crippen LogP contribution in [0.3, 0.4) is 0 Å². The van der Waals surface area contributed by atoms with Crippen molar-refractivity contribution in [2.45, 2.75) is 38.2 Å². The summed E-state index contributed by atoms with van der Waals surface area (Å²) >= 11 is 0. The summed E-state index contributed by atoms with van der Waals surface area (Å²) in [6, 6.07) is 6.24. The van der Waals surface area contributed by atoms with Crippen LogP contribution in [0.5, 0.6) is 0 Å². The molecule has 0 aromatic heterocycles. The van der Waals surface area contributed by atoms with Gasteiger partial charge < -0.3 is 5.11 Å². The molecule has 0 radical (unpaired) electrons. The molecule has 1 aliphatic carbocycles. The molecule has 0 amide bonds. The summed E-state index contributed by atoms with van der Waals surface area (Å²) in [5.41, 5.74) is 3.48. The van der Waals surface area contributed by atoms with E-state index in [1.165, 1.54) is 31.2 Å². The standard InChI is InChI=1S/C17H22O/c1-3-13-9-10-15(12-18)17(11-13)16-8-6-5-7-14(16)4-2/h3-4,9-11,14,16,18H,1-2,5-8,12H2. The zero-order chi connectivity index (χ0) is 13.0. The monoisotopic (exact) mass is 242 g/mol. The summed E-state index contributed by atoms with van der Waals surface area (Å²) in [7, 11) is 0. The molecule has 0 bridgehead atoms. The van der Waals surface area contributed by atoms with Gasteiger partial charge in [-0.1, -0.05) is 49.8 Å². The van der Waals surface area contributed by atoms with E-state index in [1.54, 1.807) is 0 Å². The fourth-order valence-electron chi connectivity index (χ4n) is 3.06. The van der Waals surface area contributed by atoms with Gasteiger partial charge in [-0.3, -0.25) is 0 Å². The predicted octanol–water partition coefficient (Wildman–Crippen LogP) is 4.28. The van der Waals surface area contributed by atoms with E-state index in [0.717, 1.165) is 11.1 Å². The van der Waals surface area contributed by atoms with Crippen molar-refractivity contribution in [3.63, 3.8) is 0 Å². The Balaban J connectivity index is 2.39. The average molecular weight is 242 g/mol. The second-order valence-corrected chi connectivity index (χ2v) is 5.11. The van der Waals surface area contributed by atoms with Crippen LogP contribution in [0.1, 0.15) is 48.3 Å². The summed E-state index contributed by atoms with van der Waals surface area (Å²) in [5, 5.41) is 9.52. The topological polar surface area (TPSA) is 20.2 Å². The lowest BCUT2D eigenvalue weighted by Crippen LogP contribution is -2.17. The highest BCUT2D eigenvalue weighted by atomic mass is 16.3. The van der Waals surface area contributed by atoms with Gasteiger partial charge in [0.1, 0.15) is 0 Å². The highest BCUT2D eigenvalue weighted by Gasteiger charge is 2.25. The molecular weight excluding hydrogens is 220 g/mol. The van der Waals surface area contributed by atoms with Gasteiger partial charge in [0, 0.05) is 0 Å². The minimum absolute atomic E-state index is 0.118. The smallest absolute Gasteiger partial charge is 0.0684 e. The van der Waals surface area contributed by atoms with E-state index in [-0.39, 0.29) is 6.61 Å². The maximum absolute atomic E-state index is 9.52. The number of allylic oxidation sites excluding steroid dienone is 1. The van der Waals surface area contributed by atoms with Crippen molar-refractivity contribution in [1.82, 2.24) is 0 Å². The first-order valence-corrected chi connectivity index (χ1v) is 6.78. The summed E-state index contributed by atoms with van der Waals surface area (Å²) in [6.45, 7) is 7.92. The molecule has 1 fully saturated rings. The Kier molecular flexibility index (Phi) is 4.38. The first-order valence-electron chi connectivity index (χ1n) is 6.78. The second-order valence-electron chi connectivity index (χ2n) is 5.11. The average Bonchev–Trinajstić information content (AvgIpc) is 2.46. The molecule has 18 heavy (non-hydrogen) atoms. The lowest BCUT2D eigenvalue weighted by molar-refractivity contribution is 0.276. The van der Waals surface area contributed by atoms with E-state index >= 15 is 0 Å². The van der Waals surface area contributed by atoms with Crippen molar-refractivity contribution < 1.29 is 5.11 Å². The molecule has 2 atom stereocenters. The molecular formula is C17H22O. The van der Waals surface area contributed by atoms with Crippen molar-refractivity contribution in [1.29, 1.82) is 0 Å². The Morgan fingerprint density at radius 2 is 2.00 bits per heavy atom. The van der Waals surface area contributed by atoms with Crippen LogP contribution in [0.4, 0.5) is 0 Å². The van der Waals surface area contributed by atoms with Crippen LogP contribution >= 0.6 is 0 Å². The second kappa shape index (κ2) is 6.01. The molecule has 96 valence electrons. The van der Waals surface area contributed by atoms with Crippen molar-refractivity contribution in [3.8, 4) is 0 Å². The molecule has 1 saturated carbocycles. The maximum atomic E-state index is 9.52. The molecule has 1 nitrogen and oxygen atoms in total. The van der Waals surface area contributed by atoms with E-state index < -0.39 is 0 Å². The number of benzene rings is 1. The van der Waals surface area contributed by atoms with Crippen molar-refractivity contribution in [2.75, 3.05) is 0 Å². The van der Waals surface area contributed by atoms with Crippen LogP contribution < -0.4 is 0 Å². The molecule has 0 saturated heterocycles. The molecule has 1 aromatic rings. The van der Waals surface area contributed by atoms with Gasteiger partial charge in [-0.2, -0.15) is 0 Å². The molecule has 0 spiro atoms. The minimum Gasteiger partial charge on any atom is -0.392 e. The molecule has 1 aliphatic rings. The Morgan fingerprint density at radius 3 is 2.67 bits per heavy atom. The molecule has 0 heterocycles. The molecule has 2 unspecified atom stereocenters. The zero-order valence-corrected chi connectivity index (χ0v) is 10.9. The molecule has 0 aliphatic heterocycles. The van der Waals surface area contributed by atoms with Crippen molar-refractivity contribution in [2.24, 2.45) is 5.92 Å². The summed E-state index contributed by atoms with van der Waals surface area (Å²) in [5.74, 6) is 1.06. The predicted molar refractivity (Wildman–Crippen MR) is 77.4 cm³/mol. The fourth-order valence-corrected chi connectivity index (χ4v) is 3.06. The van der Waals surface area contributed by atoms with Gasteiger partial charge in [0.05, 0.1) is 6.61 Å². The summed E-state index contributed by atoms with van der Waals surface area (Å²) in [4.78, 5) is 0. The number of rotatable bonds is 4. The van der Waals surface area contributed by atoms with Crippen LogP contribution in [0, 0.1) is 5.92 Å². The Bertz CT molecular complexity index is 433. The third-order valence-electron chi connectivity index (χ3n) is 4.10. The molecule has 1 N–H and O–H groups in total. The minimum atomic E-state index is 0.118. The third kappa shape index (κ3) is 2.56. The van der Waals surface area contributed by atoms with Gasteiger partial charge >= 0.3 is 0 Å². The van der Waals surface area contributed by atoms with Crippen LogP contribution in [0.15, 0.2) is 37.4 Å². The first-order chi connectivity index (χ1) is 8.80. The Hall–Kier alpha value is -1.34. The van der Waals surface area contributed by atoms with Crippen molar-refractivity contribution in [3.05, 3.63) is 54.1 Å². The lowest BCUT2D eigenvalue weighted by Gasteiger charge is -2.31. The number of hydrogen-bond acceptors (Lipinski definition) is 1. The zero-order valence-electron chi connectivity index (χ0n) is 10.9. The quantitative estimate of drug-likeness (QED) is 0.781. The lowest BCUT2D eigenvalue weighted by atomic mass is 9.74. The number of aliphatic hydroxyl groups excluding tert-OH is 1. The molecule has 1 aromatic carbocycles. The van der Waals surface area contributed by atoms with Crippen LogP contribution in [0.2, 0.25) is 0 Å². The maximum Gasteiger partial charge on any atom is 0.0684 e.